The molecule has 0 saturated carbocycles. The highest BCUT2D eigenvalue weighted by Crippen LogP contribution is 2.36. The molecule has 0 atom stereocenters. The zero-order chi connectivity index (χ0) is 17.5. The molecule has 2 rings (SSSR count). The van der Waals surface area contributed by atoms with Gasteiger partial charge in [-0.2, -0.15) is 0 Å². The Balaban J connectivity index is 2.16. The van der Waals surface area contributed by atoms with Gasteiger partial charge in [0.15, 0.2) is 18.1 Å². The number of rotatable bonds is 8. The van der Waals surface area contributed by atoms with Crippen molar-refractivity contribution in [3.05, 3.63) is 52.5 Å². The minimum Gasteiger partial charge on any atom is -0.493 e. The third-order valence-electron chi connectivity index (χ3n) is 3.53. The lowest BCUT2D eigenvalue weighted by molar-refractivity contribution is -0.119. The fourth-order valence-electron chi connectivity index (χ4n) is 2.36. The summed E-state index contributed by atoms with van der Waals surface area (Å²) in [6.45, 7) is 2.45. The van der Waals surface area contributed by atoms with Gasteiger partial charge < -0.3 is 20.5 Å². The standard InChI is InChI=1S/C18H21ClN2O3/c1-3-13-6-4-5-7-15(13)21-10-12-8-14(19)18(16(9-12)23-2)24-11-17(20)22/h4-9,21H,3,10-11H2,1-2H3,(H2,20,22). The fourth-order valence-corrected chi connectivity index (χ4v) is 2.64. The topological polar surface area (TPSA) is 73.6 Å². The van der Waals surface area contributed by atoms with Crippen LogP contribution >= 0.6 is 11.6 Å². The largest absolute Gasteiger partial charge is 0.493 e. The van der Waals surface area contributed by atoms with Gasteiger partial charge in [-0.3, -0.25) is 4.79 Å². The molecule has 0 heterocycles. The number of carbonyl (C=O) groups is 1. The summed E-state index contributed by atoms with van der Waals surface area (Å²) < 4.78 is 10.6. The molecule has 6 heteroatoms. The maximum absolute atomic E-state index is 10.9. The second-order valence-corrected chi connectivity index (χ2v) is 5.64. The smallest absolute Gasteiger partial charge is 0.255 e. The van der Waals surface area contributed by atoms with E-state index in [9.17, 15) is 4.79 Å². The molecule has 0 aliphatic carbocycles. The van der Waals surface area contributed by atoms with Crippen molar-refractivity contribution in [3.63, 3.8) is 0 Å². The molecule has 0 aliphatic rings. The van der Waals surface area contributed by atoms with Gasteiger partial charge in [0.25, 0.3) is 5.91 Å². The Kier molecular flexibility index (Phi) is 6.32. The summed E-state index contributed by atoms with van der Waals surface area (Å²) in [5.41, 5.74) is 8.37. The first-order valence-corrected chi connectivity index (χ1v) is 8.02. The van der Waals surface area contributed by atoms with Crippen LogP contribution in [0, 0.1) is 0 Å². The van der Waals surface area contributed by atoms with Crippen LogP contribution in [-0.4, -0.2) is 19.6 Å². The van der Waals surface area contributed by atoms with E-state index in [1.165, 1.54) is 12.7 Å². The number of hydrogen-bond acceptors (Lipinski definition) is 4. The predicted octanol–water partition coefficient (Wildman–Crippen LogP) is 3.39. The van der Waals surface area contributed by atoms with Crippen LogP contribution < -0.4 is 20.5 Å². The van der Waals surface area contributed by atoms with E-state index in [2.05, 4.69) is 18.3 Å². The summed E-state index contributed by atoms with van der Waals surface area (Å²) in [7, 11) is 1.52. The Hall–Kier alpha value is -2.40. The molecule has 0 bridgehead atoms. The molecule has 0 unspecified atom stereocenters. The molecule has 3 N–H and O–H groups in total. The molecule has 1 amide bonds. The summed E-state index contributed by atoms with van der Waals surface area (Å²) in [4.78, 5) is 10.9. The fraction of sp³-hybridized carbons (Fsp3) is 0.278. The van der Waals surface area contributed by atoms with Crippen LogP contribution in [0.5, 0.6) is 11.5 Å². The number of halogens is 1. The van der Waals surface area contributed by atoms with Crippen molar-refractivity contribution in [1.29, 1.82) is 0 Å². The summed E-state index contributed by atoms with van der Waals surface area (Å²) >= 11 is 6.25. The molecular formula is C18H21ClN2O3. The van der Waals surface area contributed by atoms with E-state index in [-0.39, 0.29) is 6.61 Å². The number of benzene rings is 2. The van der Waals surface area contributed by atoms with Crippen LogP contribution in [0.3, 0.4) is 0 Å². The monoisotopic (exact) mass is 348 g/mol. The summed E-state index contributed by atoms with van der Waals surface area (Å²) in [6.07, 6.45) is 0.952. The molecule has 2 aromatic carbocycles. The Morgan fingerprint density at radius 2 is 2.04 bits per heavy atom. The Bertz CT molecular complexity index is 719. The van der Waals surface area contributed by atoms with Crippen LogP contribution in [0.4, 0.5) is 5.69 Å². The van der Waals surface area contributed by atoms with Crippen LogP contribution in [-0.2, 0) is 17.8 Å². The van der Waals surface area contributed by atoms with Crippen LogP contribution in [0.1, 0.15) is 18.1 Å². The van der Waals surface area contributed by atoms with Crippen molar-refractivity contribution in [2.75, 3.05) is 19.0 Å². The lowest BCUT2D eigenvalue weighted by atomic mass is 10.1. The molecule has 5 nitrogen and oxygen atoms in total. The number of primary amides is 1. The summed E-state index contributed by atoms with van der Waals surface area (Å²) in [5, 5.41) is 3.77. The van der Waals surface area contributed by atoms with Gasteiger partial charge >= 0.3 is 0 Å². The molecule has 24 heavy (non-hydrogen) atoms. The number of aryl methyl sites for hydroxylation is 1. The molecule has 0 saturated heterocycles. The van der Waals surface area contributed by atoms with E-state index in [1.54, 1.807) is 6.07 Å². The van der Waals surface area contributed by atoms with Gasteiger partial charge in [0.05, 0.1) is 12.1 Å². The van der Waals surface area contributed by atoms with Crippen LogP contribution in [0.25, 0.3) is 0 Å². The number of ether oxygens (including phenoxy) is 2. The highest BCUT2D eigenvalue weighted by Gasteiger charge is 2.13. The van der Waals surface area contributed by atoms with Gasteiger partial charge in [-0.1, -0.05) is 36.7 Å². The van der Waals surface area contributed by atoms with Gasteiger partial charge in [0.1, 0.15) is 0 Å². The van der Waals surface area contributed by atoms with Gasteiger partial charge in [0.2, 0.25) is 0 Å². The number of amides is 1. The molecule has 0 fully saturated rings. The quantitative estimate of drug-likeness (QED) is 0.767. The van der Waals surface area contributed by atoms with Crippen molar-refractivity contribution in [1.82, 2.24) is 0 Å². The van der Waals surface area contributed by atoms with E-state index in [0.717, 1.165) is 17.7 Å². The maximum atomic E-state index is 10.9. The van der Waals surface area contributed by atoms with E-state index in [4.69, 9.17) is 26.8 Å². The van der Waals surface area contributed by atoms with Gasteiger partial charge in [-0.15, -0.1) is 0 Å². The molecule has 128 valence electrons. The highest BCUT2D eigenvalue weighted by atomic mass is 35.5. The summed E-state index contributed by atoms with van der Waals surface area (Å²) in [6, 6.07) is 11.8. The van der Waals surface area contributed by atoms with Crippen molar-refractivity contribution in [3.8, 4) is 11.5 Å². The lowest BCUT2D eigenvalue weighted by Crippen LogP contribution is -2.20. The number of carbonyl (C=O) groups excluding carboxylic acids is 1. The van der Waals surface area contributed by atoms with E-state index < -0.39 is 5.91 Å². The molecular weight excluding hydrogens is 328 g/mol. The second kappa shape index (κ2) is 8.45. The second-order valence-electron chi connectivity index (χ2n) is 5.23. The first-order chi connectivity index (χ1) is 11.5. The van der Waals surface area contributed by atoms with Gasteiger partial charge in [0, 0.05) is 12.2 Å². The molecule has 0 aliphatic heterocycles. The van der Waals surface area contributed by atoms with Crippen molar-refractivity contribution in [2.45, 2.75) is 19.9 Å². The van der Waals surface area contributed by atoms with Crippen LogP contribution in [0.15, 0.2) is 36.4 Å². The zero-order valence-corrected chi connectivity index (χ0v) is 14.5. The number of anilines is 1. The molecule has 2 aromatic rings. The number of para-hydroxylation sites is 1. The first kappa shape index (κ1) is 17.9. The Morgan fingerprint density at radius 1 is 1.29 bits per heavy atom. The first-order valence-electron chi connectivity index (χ1n) is 7.64. The normalized spacial score (nSPS) is 10.3. The highest BCUT2D eigenvalue weighted by molar-refractivity contribution is 6.32. The predicted molar refractivity (Wildman–Crippen MR) is 95.8 cm³/mol. The van der Waals surface area contributed by atoms with Gasteiger partial charge in [-0.25, -0.2) is 0 Å². The Labute approximate surface area is 146 Å². The molecule has 0 aromatic heterocycles. The van der Waals surface area contributed by atoms with E-state index in [0.29, 0.717) is 23.1 Å². The average Bonchev–Trinajstić information content (AvgIpc) is 2.58. The van der Waals surface area contributed by atoms with Crippen LogP contribution in [0.2, 0.25) is 5.02 Å². The summed E-state index contributed by atoms with van der Waals surface area (Å²) in [5.74, 6) is 0.204. The van der Waals surface area contributed by atoms with Crippen molar-refractivity contribution in [2.24, 2.45) is 5.73 Å². The van der Waals surface area contributed by atoms with Gasteiger partial charge in [-0.05, 0) is 35.7 Å². The van der Waals surface area contributed by atoms with E-state index >= 15 is 0 Å². The molecule has 0 spiro atoms. The maximum Gasteiger partial charge on any atom is 0.255 e. The van der Waals surface area contributed by atoms with Crippen molar-refractivity contribution >= 4 is 23.2 Å². The minimum atomic E-state index is -0.574. The molecule has 0 radical (unpaired) electrons. The number of nitrogens with one attached hydrogen (secondary N) is 1. The minimum absolute atomic E-state index is 0.252. The third kappa shape index (κ3) is 4.55. The average molecular weight is 349 g/mol. The zero-order valence-electron chi connectivity index (χ0n) is 13.8. The van der Waals surface area contributed by atoms with Crippen molar-refractivity contribution < 1.29 is 14.3 Å². The SMILES string of the molecule is CCc1ccccc1NCc1cc(Cl)c(OCC(N)=O)c(OC)c1. The number of methoxy groups -OCH3 is 1. The number of hydrogen-bond donors (Lipinski definition) is 2. The Morgan fingerprint density at radius 3 is 2.71 bits per heavy atom. The third-order valence-corrected chi connectivity index (χ3v) is 3.81. The number of nitrogens with two attached hydrogens (primary N) is 1. The lowest BCUT2D eigenvalue weighted by Gasteiger charge is -2.15. The van der Waals surface area contributed by atoms with E-state index in [1.807, 2.05) is 24.3 Å².